The third-order valence-corrected chi connectivity index (χ3v) is 4.58. The molecule has 1 saturated heterocycles. The second kappa shape index (κ2) is 6.75. The van der Waals surface area contributed by atoms with Gasteiger partial charge in [0.2, 0.25) is 0 Å². The molecule has 0 bridgehead atoms. The summed E-state index contributed by atoms with van der Waals surface area (Å²) in [6, 6.07) is 0.651. The first-order chi connectivity index (χ1) is 8.25. The Hall–Kier alpha value is -0.0800. The Bertz CT molecular complexity index is 211. The van der Waals surface area contributed by atoms with Crippen molar-refractivity contribution in [3.05, 3.63) is 0 Å². The zero-order valence-electron chi connectivity index (χ0n) is 11.4. The minimum Gasteiger partial charge on any atom is -0.393 e. The van der Waals surface area contributed by atoms with Gasteiger partial charge in [-0.15, -0.1) is 0 Å². The average molecular weight is 239 g/mol. The standard InChI is InChI=1S/C15H29NO/c1-13(17)11-15-9-3-2-6-10-16(15)12-14-7-4-5-8-14/h13-15,17H,2-12H2,1H3. The van der Waals surface area contributed by atoms with Crippen LogP contribution in [0, 0.1) is 5.92 Å². The third-order valence-electron chi connectivity index (χ3n) is 4.58. The van der Waals surface area contributed by atoms with E-state index in [1.54, 1.807) is 0 Å². The van der Waals surface area contributed by atoms with E-state index in [1.165, 1.54) is 64.5 Å². The van der Waals surface area contributed by atoms with Crippen molar-refractivity contribution in [2.75, 3.05) is 13.1 Å². The molecule has 1 aliphatic heterocycles. The van der Waals surface area contributed by atoms with Gasteiger partial charge in [-0.05, 0) is 51.5 Å². The maximum atomic E-state index is 9.65. The summed E-state index contributed by atoms with van der Waals surface area (Å²) in [6.45, 7) is 4.52. The van der Waals surface area contributed by atoms with Crippen molar-refractivity contribution in [2.45, 2.75) is 76.9 Å². The summed E-state index contributed by atoms with van der Waals surface area (Å²) in [5, 5.41) is 9.65. The fourth-order valence-corrected chi connectivity index (χ4v) is 3.66. The Morgan fingerprint density at radius 1 is 1.06 bits per heavy atom. The van der Waals surface area contributed by atoms with Crippen LogP contribution in [0.25, 0.3) is 0 Å². The maximum Gasteiger partial charge on any atom is 0.0527 e. The number of nitrogens with zero attached hydrogens (tertiary/aromatic N) is 1. The molecule has 0 aromatic carbocycles. The predicted molar refractivity (Wildman–Crippen MR) is 72.1 cm³/mol. The Morgan fingerprint density at radius 2 is 1.76 bits per heavy atom. The maximum absolute atomic E-state index is 9.65. The van der Waals surface area contributed by atoms with E-state index in [1.807, 2.05) is 6.92 Å². The Kier molecular flexibility index (Phi) is 5.30. The number of aliphatic hydroxyl groups is 1. The number of rotatable bonds is 4. The van der Waals surface area contributed by atoms with Crippen molar-refractivity contribution < 1.29 is 5.11 Å². The van der Waals surface area contributed by atoms with Crippen molar-refractivity contribution in [3.8, 4) is 0 Å². The van der Waals surface area contributed by atoms with Gasteiger partial charge in [0.25, 0.3) is 0 Å². The highest BCUT2D eigenvalue weighted by Gasteiger charge is 2.26. The first-order valence-electron chi connectivity index (χ1n) is 7.68. The molecule has 2 heteroatoms. The lowest BCUT2D eigenvalue weighted by Gasteiger charge is -2.32. The summed E-state index contributed by atoms with van der Waals surface area (Å²) in [4.78, 5) is 2.70. The summed E-state index contributed by atoms with van der Waals surface area (Å²) in [5.74, 6) is 0.949. The highest BCUT2D eigenvalue weighted by Crippen LogP contribution is 2.28. The molecule has 1 aliphatic carbocycles. The van der Waals surface area contributed by atoms with Gasteiger partial charge in [0.1, 0.15) is 0 Å². The molecular formula is C15H29NO. The largest absolute Gasteiger partial charge is 0.393 e. The highest BCUT2D eigenvalue weighted by atomic mass is 16.3. The van der Waals surface area contributed by atoms with Gasteiger partial charge in [-0.2, -0.15) is 0 Å². The fraction of sp³-hybridized carbons (Fsp3) is 1.00. The normalized spacial score (nSPS) is 30.4. The highest BCUT2D eigenvalue weighted by molar-refractivity contribution is 4.80. The molecule has 100 valence electrons. The second-order valence-corrected chi connectivity index (χ2v) is 6.23. The van der Waals surface area contributed by atoms with Crippen LogP contribution in [0.5, 0.6) is 0 Å². The summed E-state index contributed by atoms with van der Waals surface area (Å²) in [5.41, 5.74) is 0. The number of aliphatic hydroxyl groups excluding tert-OH is 1. The van der Waals surface area contributed by atoms with Gasteiger partial charge in [-0.25, -0.2) is 0 Å². The zero-order valence-corrected chi connectivity index (χ0v) is 11.4. The number of likely N-dealkylation sites (tertiary alicyclic amines) is 1. The summed E-state index contributed by atoms with van der Waals surface area (Å²) in [6.07, 6.45) is 12.0. The second-order valence-electron chi connectivity index (χ2n) is 6.23. The van der Waals surface area contributed by atoms with Gasteiger partial charge in [0.15, 0.2) is 0 Å². The molecule has 1 N–H and O–H groups in total. The van der Waals surface area contributed by atoms with E-state index in [0.29, 0.717) is 6.04 Å². The molecule has 2 aliphatic rings. The lowest BCUT2D eigenvalue weighted by atomic mass is 10.0. The molecule has 2 unspecified atom stereocenters. The summed E-state index contributed by atoms with van der Waals surface area (Å²) >= 11 is 0. The van der Waals surface area contributed by atoms with Gasteiger partial charge >= 0.3 is 0 Å². The van der Waals surface area contributed by atoms with E-state index in [2.05, 4.69) is 4.90 Å². The van der Waals surface area contributed by atoms with Crippen LogP contribution >= 0.6 is 0 Å². The lowest BCUT2D eigenvalue weighted by Crippen LogP contribution is -2.39. The molecule has 0 radical (unpaired) electrons. The van der Waals surface area contributed by atoms with E-state index in [9.17, 15) is 5.11 Å². The zero-order chi connectivity index (χ0) is 12.1. The average Bonchev–Trinajstić information content (AvgIpc) is 2.69. The molecule has 2 fully saturated rings. The Morgan fingerprint density at radius 3 is 2.47 bits per heavy atom. The molecule has 0 aromatic rings. The molecular weight excluding hydrogens is 210 g/mol. The van der Waals surface area contributed by atoms with E-state index in [4.69, 9.17) is 0 Å². The molecule has 0 aromatic heterocycles. The van der Waals surface area contributed by atoms with Crippen molar-refractivity contribution >= 4 is 0 Å². The van der Waals surface area contributed by atoms with E-state index >= 15 is 0 Å². The summed E-state index contributed by atoms with van der Waals surface area (Å²) in [7, 11) is 0. The molecule has 0 amide bonds. The van der Waals surface area contributed by atoms with Crippen LogP contribution in [0.2, 0.25) is 0 Å². The molecule has 1 heterocycles. The topological polar surface area (TPSA) is 23.5 Å². The smallest absolute Gasteiger partial charge is 0.0527 e. The van der Waals surface area contributed by atoms with Crippen LogP contribution in [0.15, 0.2) is 0 Å². The van der Waals surface area contributed by atoms with E-state index in [-0.39, 0.29) is 6.10 Å². The van der Waals surface area contributed by atoms with Crippen molar-refractivity contribution in [3.63, 3.8) is 0 Å². The van der Waals surface area contributed by atoms with Crippen LogP contribution in [0.1, 0.15) is 64.7 Å². The van der Waals surface area contributed by atoms with Gasteiger partial charge in [-0.1, -0.05) is 25.7 Å². The molecule has 2 atom stereocenters. The van der Waals surface area contributed by atoms with Gasteiger partial charge in [0.05, 0.1) is 6.10 Å². The molecule has 2 rings (SSSR count). The first kappa shape index (κ1) is 13.4. The van der Waals surface area contributed by atoms with Gasteiger partial charge in [0, 0.05) is 12.6 Å². The quantitative estimate of drug-likeness (QED) is 0.814. The molecule has 17 heavy (non-hydrogen) atoms. The third kappa shape index (κ3) is 4.26. The number of hydrogen-bond donors (Lipinski definition) is 1. The van der Waals surface area contributed by atoms with Gasteiger partial charge in [-0.3, -0.25) is 0 Å². The van der Waals surface area contributed by atoms with E-state index < -0.39 is 0 Å². The van der Waals surface area contributed by atoms with Crippen LogP contribution in [0.3, 0.4) is 0 Å². The van der Waals surface area contributed by atoms with E-state index in [0.717, 1.165) is 12.3 Å². The predicted octanol–water partition coefficient (Wildman–Crippen LogP) is 3.19. The SMILES string of the molecule is CC(O)CC1CCCCCN1CC1CCCC1. The Labute approximate surface area is 106 Å². The Balaban J connectivity index is 1.88. The van der Waals surface area contributed by atoms with Crippen LogP contribution < -0.4 is 0 Å². The summed E-state index contributed by atoms with van der Waals surface area (Å²) < 4.78 is 0. The van der Waals surface area contributed by atoms with Crippen molar-refractivity contribution in [1.82, 2.24) is 4.90 Å². The monoisotopic (exact) mass is 239 g/mol. The van der Waals surface area contributed by atoms with Crippen molar-refractivity contribution in [2.24, 2.45) is 5.92 Å². The van der Waals surface area contributed by atoms with Gasteiger partial charge < -0.3 is 10.0 Å². The minimum atomic E-state index is -0.135. The first-order valence-corrected chi connectivity index (χ1v) is 7.68. The van der Waals surface area contributed by atoms with Crippen LogP contribution in [0.4, 0.5) is 0 Å². The van der Waals surface area contributed by atoms with Crippen LogP contribution in [-0.4, -0.2) is 35.2 Å². The molecule has 0 spiro atoms. The fourth-order valence-electron chi connectivity index (χ4n) is 3.66. The number of hydrogen-bond acceptors (Lipinski definition) is 2. The lowest BCUT2D eigenvalue weighted by molar-refractivity contribution is 0.102. The molecule has 1 saturated carbocycles. The van der Waals surface area contributed by atoms with Crippen molar-refractivity contribution in [1.29, 1.82) is 0 Å². The molecule has 2 nitrogen and oxygen atoms in total. The van der Waals surface area contributed by atoms with Crippen LogP contribution in [-0.2, 0) is 0 Å². The minimum absolute atomic E-state index is 0.135.